The minimum Gasteiger partial charge on any atom is -0.347 e. The second kappa shape index (κ2) is 5.95. The Morgan fingerprint density at radius 3 is 2.62 bits per heavy atom. The minimum absolute atomic E-state index is 0.0537. The van der Waals surface area contributed by atoms with Crippen LogP contribution < -0.4 is 0 Å². The Bertz CT molecular complexity index is 511. The molecule has 0 aliphatic carbocycles. The first-order valence-corrected chi connectivity index (χ1v) is 7.79. The van der Waals surface area contributed by atoms with E-state index in [4.69, 9.17) is 21.1 Å². The second-order valence-electron chi connectivity index (χ2n) is 5.81. The molecular formula is C16H20ClNO3. The number of piperidine rings is 1. The van der Waals surface area contributed by atoms with Crippen LogP contribution >= 0.6 is 11.6 Å². The molecule has 2 heterocycles. The third-order valence-electron chi connectivity index (χ3n) is 4.40. The fourth-order valence-electron chi connectivity index (χ4n) is 3.13. The fraction of sp³-hybridized carbons (Fsp3) is 0.562. The number of carbonyl (C=O) groups is 1. The summed E-state index contributed by atoms with van der Waals surface area (Å²) in [5, 5.41) is 0.642. The highest BCUT2D eigenvalue weighted by atomic mass is 35.5. The van der Waals surface area contributed by atoms with Crippen molar-refractivity contribution >= 4 is 17.5 Å². The standard InChI is InChI=1S/C16H20ClNO3/c1-16(20-9-10-21-16)13-3-2-8-18(11-13)15(19)12-4-6-14(17)7-5-12/h4-7,13H,2-3,8-11H2,1H3. The van der Waals surface area contributed by atoms with Gasteiger partial charge in [-0.05, 0) is 44.0 Å². The molecule has 2 fully saturated rings. The Kier molecular flexibility index (Phi) is 4.20. The van der Waals surface area contributed by atoms with Gasteiger partial charge in [0.15, 0.2) is 5.79 Å². The zero-order chi connectivity index (χ0) is 14.9. The number of nitrogens with zero attached hydrogens (tertiary/aromatic N) is 1. The van der Waals surface area contributed by atoms with Crippen LogP contribution in [-0.2, 0) is 9.47 Å². The van der Waals surface area contributed by atoms with Crippen LogP contribution in [-0.4, -0.2) is 42.9 Å². The molecule has 1 aromatic carbocycles. The Morgan fingerprint density at radius 1 is 1.29 bits per heavy atom. The lowest BCUT2D eigenvalue weighted by Crippen LogP contribution is -2.48. The van der Waals surface area contributed by atoms with Crippen molar-refractivity contribution in [3.8, 4) is 0 Å². The molecule has 0 saturated carbocycles. The Hall–Kier alpha value is -1.10. The summed E-state index contributed by atoms with van der Waals surface area (Å²) >= 11 is 5.87. The number of hydrogen-bond acceptors (Lipinski definition) is 3. The van der Waals surface area contributed by atoms with E-state index in [1.54, 1.807) is 24.3 Å². The van der Waals surface area contributed by atoms with E-state index >= 15 is 0 Å². The summed E-state index contributed by atoms with van der Waals surface area (Å²) in [6, 6.07) is 7.05. The SMILES string of the molecule is CC1(C2CCCN(C(=O)c3ccc(Cl)cc3)C2)OCCO1. The van der Waals surface area contributed by atoms with Gasteiger partial charge in [0.1, 0.15) is 0 Å². The highest BCUT2D eigenvalue weighted by molar-refractivity contribution is 6.30. The van der Waals surface area contributed by atoms with Crippen molar-refractivity contribution in [1.82, 2.24) is 4.90 Å². The summed E-state index contributed by atoms with van der Waals surface area (Å²) in [5.41, 5.74) is 0.679. The Balaban J connectivity index is 1.70. The third kappa shape index (κ3) is 3.07. The highest BCUT2D eigenvalue weighted by Crippen LogP contribution is 2.34. The molecule has 1 amide bonds. The molecule has 2 aliphatic heterocycles. The number of rotatable bonds is 2. The van der Waals surface area contributed by atoms with Gasteiger partial charge in [-0.1, -0.05) is 11.6 Å². The van der Waals surface area contributed by atoms with Crippen LogP contribution in [0, 0.1) is 5.92 Å². The minimum atomic E-state index is -0.543. The third-order valence-corrected chi connectivity index (χ3v) is 4.65. The van der Waals surface area contributed by atoms with Crippen molar-refractivity contribution in [2.45, 2.75) is 25.6 Å². The lowest BCUT2D eigenvalue weighted by molar-refractivity contribution is -0.189. The summed E-state index contributed by atoms with van der Waals surface area (Å²) in [6.07, 6.45) is 2.01. The first-order chi connectivity index (χ1) is 10.1. The molecule has 2 aliphatic rings. The summed E-state index contributed by atoms with van der Waals surface area (Å²) in [4.78, 5) is 14.5. The van der Waals surface area contributed by atoms with E-state index in [9.17, 15) is 4.79 Å². The number of halogens is 1. The smallest absolute Gasteiger partial charge is 0.253 e. The molecule has 0 N–H and O–H groups in total. The molecule has 21 heavy (non-hydrogen) atoms. The van der Waals surface area contributed by atoms with Gasteiger partial charge in [-0.15, -0.1) is 0 Å². The Labute approximate surface area is 130 Å². The van der Waals surface area contributed by atoms with Crippen LogP contribution in [0.2, 0.25) is 5.02 Å². The van der Waals surface area contributed by atoms with Gasteiger partial charge >= 0.3 is 0 Å². The topological polar surface area (TPSA) is 38.8 Å². The molecule has 1 aromatic rings. The van der Waals surface area contributed by atoms with Crippen LogP contribution in [0.4, 0.5) is 0 Å². The molecule has 0 aromatic heterocycles. The van der Waals surface area contributed by atoms with E-state index in [-0.39, 0.29) is 11.8 Å². The quantitative estimate of drug-likeness (QED) is 0.843. The Morgan fingerprint density at radius 2 is 1.95 bits per heavy atom. The van der Waals surface area contributed by atoms with Crippen LogP contribution in [0.3, 0.4) is 0 Å². The van der Waals surface area contributed by atoms with E-state index in [0.29, 0.717) is 30.3 Å². The van der Waals surface area contributed by atoms with Gasteiger partial charge in [0.25, 0.3) is 5.91 Å². The second-order valence-corrected chi connectivity index (χ2v) is 6.25. The van der Waals surface area contributed by atoms with Crippen LogP contribution in [0.5, 0.6) is 0 Å². The molecular weight excluding hydrogens is 290 g/mol. The number of hydrogen-bond donors (Lipinski definition) is 0. The lowest BCUT2D eigenvalue weighted by Gasteiger charge is -2.39. The van der Waals surface area contributed by atoms with Crippen LogP contribution in [0.1, 0.15) is 30.1 Å². The van der Waals surface area contributed by atoms with Gasteiger partial charge in [0, 0.05) is 29.6 Å². The normalized spacial score (nSPS) is 25.0. The van der Waals surface area contributed by atoms with Crippen LogP contribution in [0.25, 0.3) is 0 Å². The van der Waals surface area contributed by atoms with Gasteiger partial charge in [-0.2, -0.15) is 0 Å². The van der Waals surface area contributed by atoms with Crippen molar-refractivity contribution in [1.29, 1.82) is 0 Å². The van der Waals surface area contributed by atoms with Crippen molar-refractivity contribution in [2.75, 3.05) is 26.3 Å². The van der Waals surface area contributed by atoms with E-state index in [2.05, 4.69) is 0 Å². The van der Waals surface area contributed by atoms with Gasteiger partial charge in [-0.3, -0.25) is 4.79 Å². The zero-order valence-electron chi connectivity index (χ0n) is 12.2. The van der Waals surface area contributed by atoms with Gasteiger partial charge in [-0.25, -0.2) is 0 Å². The summed E-state index contributed by atoms with van der Waals surface area (Å²) in [5.74, 6) is -0.262. The van der Waals surface area contributed by atoms with Crippen molar-refractivity contribution in [2.24, 2.45) is 5.92 Å². The van der Waals surface area contributed by atoms with Crippen LogP contribution in [0.15, 0.2) is 24.3 Å². The molecule has 1 atom stereocenters. The predicted octanol–water partition coefficient (Wildman–Crippen LogP) is 2.96. The number of likely N-dealkylation sites (tertiary alicyclic amines) is 1. The molecule has 0 radical (unpaired) electrons. The van der Waals surface area contributed by atoms with Crippen molar-refractivity contribution < 1.29 is 14.3 Å². The maximum absolute atomic E-state index is 12.6. The van der Waals surface area contributed by atoms with E-state index in [1.807, 2.05) is 11.8 Å². The zero-order valence-corrected chi connectivity index (χ0v) is 12.9. The van der Waals surface area contributed by atoms with E-state index < -0.39 is 5.79 Å². The molecule has 2 saturated heterocycles. The summed E-state index contributed by atoms with van der Waals surface area (Å²) in [6.45, 7) is 4.73. The number of benzene rings is 1. The number of carbonyl (C=O) groups excluding carboxylic acids is 1. The molecule has 5 heteroatoms. The molecule has 0 spiro atoms. The lowest BCUT2D eigenvalue weighted by atomic mass is 9.90. The fourth-order valence-corrected chi connectivity index (χ4v) is 3.26. The van der Waals surface area contributed by atoms with Crippen molar-refractivity contribution in [3.05, 3.63) is 34.9 Å². The molecule has 1 unspecified atom stereocenters. The summed E-state index contributed by atoms with van der Waals surface area (Å²) < 4.78 is 11.5. The monoisotopic (exact) mass is 309 g/mol. The predicted molar refractivity (Wildman–Crippen MR) is 80.4 cm³/mol. The summed E-state index contributed by atoms with van der Waals surface area (Å²) in [7, 11) is 0. The van der Waals surface area contributed by atoms with E-state index in [0.717, 1.165) is 19.4 Å². The number of ether oxygens (including phenoxy) is 2. The average molecular weight is 310 g/mol. The first-order valence-electron chi connectivity index (χ1n) is 7.41. The molecule has 4 nitrogen and oxygen atoms in total. The average Bonchev–Trinajstić information content (AvgIpc) is 2.96. The molecule has 0 bridgehead atoms. The van der Waals surface area contributed by atoms with Gasteiger partial charge in [0.05, 0.1) is 13.2 Å². The molecule has 3 rings (SSSR count). The maximum atomic E-state index is 12.6. The molecule has 114 valence electrons. The van der Waals surface area contributed by atoms with E-state index in [1.165, 1.54) is 0 Å². The first kappa shape index (κ1) is 14.8. The highest BCUT2D eigenvalue weighted by Gasteiger charge is 2.42. The number of amides is 1. The van der Waals surface area contributed by atoms with Crippen molar-refractivity contribution in [3.63, 3.8) is 0 Å². The van der Waals surface area contributed by atoms with Gasteiger partial charge < -0.3 is 14.4 Å². The maximum Gasteiger partial charge on any atom is 0.253 e. The largest absolute Gasteiger partial charge is 0.347 e. The van der Waals surface area contributed by atoms with Gasteiger partial charge in [0.2, 0.25) is 0 Å².